The lowest BCUT2D eigenvalue weighted by Crippen LogP contribution is -2.71. The molecule has 0 saturated carbocycles. The van der Waals surface area contributed by atoms with Crippen LogP contribution in [0.3, 0.4) is 0 Å². The number of fused-ring (bicyclic) bond motifs is 1. The number of urea groups is 1. The van der Waals surface area contributed by atoms with Crippen molar-refractivity contribution >= 4 is 11.7 Å². The van der Waals surface area contributed by atoms with Crippen LogP contribution >= 0.6 is 0 Å². The highest BCUT2D eigenvalue weighted by Crippen LogP contribution is 2.42. The van der Waals surface area contributed by atoms with Gasteiger partial charge in [-0.1, -0.05) is 59.9 Å². The highest BCUT2D eigenvalue weighted by Gasteiger charge is 2.51. The Morgan fingerprint density at radius 3 is 2.17 bits per heavy atom. The van der Waals surface area contributed by atoms with Crippen LogP contribution in [0.15, 0.2) is 78.9 Å². The molecule has 2 fully saturated rings. The number of nitrogens with one attached hydrogen (secondary N) is 1. The van der Waals surface area contributed by atoms with Crippen LogP contribution in [-0.2, 0) is 0 Å². The van der Waals surface area contributed by atoms with Gasteiger partial charge in [0.25, 0.3) is 0 Å². The molecule has 5 rings (SSSR count). The van der Waals surface area contributed by atoms with Gasteiger partial charge in [-0.25, -0.2) is 4.79 Å². The first kappa shape index (κ1) is 28.9. The van der Waals surface area contributed by atoms with Crippen molar-refractivity contribution in [3.63, 3.8) is 0 Å². The van der Waals surface area contributed by atoms with Gasteiger partial charge in [0, 0.05) is 67.0 Å². The Morgan fingerprint density at radius 1 is 0.878 bits per heavy atom. The number of aryl methyl sites for hydroxylation is 1. The molecule has 0 radical (unpaired) electrons. The number of benzene rings is 3. The number of amides is 2. The van der Waals surface area contributed by atoms with Gasteiger partial charge in [0.15, 0.2) is 0 Å². The standard InChI is InChI=1S/C35H43N5O/c1-26-11-19-30(20-12-26)36-35(41)39-22-21-31(38(4)5)23-40-32(24-37(2)3)34(33(40)25-39)29-17-15-28(16-18-29)14-13-27-9-7-6-8-10-27/h6-12,15-20,31-34H,21-25H2,1-5H3,(H,36,41)/t31?,32-,33+,34+/m1/s1. The van der Waals surface area contributed by atoms with Crippen molar-refractivity contribution in [2.75, 3.05) is 59.7 Å². The minimum absolute atomic E-state index is 0.0189. The number of anilines is 1. The van der Waals surface area contributed by atoms with E-state index in [9.17, 15) is 4.79 Å². The molecule has 2 aliphatic rings. The zero-order valence-corrected chi connectivity index (χ0v) is 25.0. The third kappa shape index (κ3) is 7.00. The predicted molar refractivity (Wildman–Crippen MR) is 168 cm³/mol. The van der Waals surface area contributed by atoms with Crippen molar-refractivity contribution in [3.05, 3.63) is 101 Å². The average Bonchev–Trinajstić information content (AvgIpc) is 2.95. The van der Waals surface area contributed by atoms with Crippen LogP contribution in [0, 0.1) is 18.8 Å². The second kappa shape index (κ2) is 12.9. The first-order valence-electron chi connectivity index (χ1n) is 14.6. The SMILES string of the molecule is Cc1ccc(NC(=O)N2CCC(N(C)C)CN3[C@H](CN(C)C)[C@H](c4ccc(C#Cc5ccccc5)cc4)[C@@H]3C2)cc1. The topological polar surface area (TPSA) is 42.1 Å². The molecule has 2 aliphatic heterocycles. The summed E-state index contributed by atoms with van der Waals surface area (Å²) in [6, 6.07) is 27.9. The Morgan fingerprint density at radius 2 is 1.54 bits per heavy atom. The molecule has 1 unspecified atom stereocenters. The maximum Gasteiger partial charge on any atom is 0.321 e. The van der Waals surface area contributed by atoms with Crippen molar-refractivity contribution in [1.82, 2.24) is 19.6 Å². The summed E-state index contributed by atoms with van der Waals surface area (Å²) in [4.78, 5) is 22.9. The number of carbonyl (C=O) groups excluding carboxylic acids is 1. The van der Waals surface area contributed by atoms with Crippen LogP contribution in [0.1, 0.15) is 34.6 Å². The minimum atomic E-state index is -0.0189. The molecule has 6 heteroatoms. The predicted octanol–water partition coefficient (Wildman–Crippen LogP) is 4.96. The second-order valence-electron chi connectivity index (χ2n) is 12.0. The third-order valence-corrected chi connectivity index (χ3v) is 8.54. The van der Waals surface area contributed by atoms with E-state index < -0.39 is 0 Å². The molecule has 2 saturated heterocycles. The lowest BCUT2D eigenvalue weighted by molar-refractivity contribution is -0.0603. The van der Waals surface area contributed by atoms with E-state index in [1.54, 1.807) is 0 Å². The third-order valence-electron chi connectivity index (χ3n) is 8.54. The van der Waals surface area contributed by atoms with Gasteiger partial charge in [-0.05, 0) is 83.5 Å². The minimum Gasteiger partial charge on any atom is -0.323 e. The van der Waals surface area contributed by atoms with Crippen molar-refractivity contribution < 1.29 is 4.79 Å². The zero-order chi connectivity index (χ0) is 28.9. The van der Waals surface area contributed by atoms with Crippen molar-refractivity contribution in [2.45, 2.75) is 37.4 Å². The van der Waals surface area contributed by atoms with Gasteiger partial charge in [-0.3, -0.25) is 4.90 Å². The second-order valence-corrected chi connectivity index (χ2v) is 12.0. The summed E-state index contributed by atoms with van der Waals surface area (Å²) in [5, 5.41) is 3.16. The molecule has 3 aromatic rings. The van der Waals surface area contributed by atoms with Gasteiger partial charge in [-0.2, -0.15) is 0 Å². The largest absolute Gasteiger partial charge is 0.323 e. The molecular formula is C35H43N5O. The Balaban J connectivity index is 1.40. The van der Waals surface area contributed by atoms with Crippen LogP contribution in [0.5, 0.6) is 0 Å². The molecular weight excluding hydrogens is 506 g/mol. The highest BCUT2D eigenvalue weighted by atomic mass is 16.2. The van der Waals surface area contributed by atoms with E-state index >= 15 is 0 Å². The summed E-state index contributed by atoms with van der Waals surface area (Å²) in [5.74, 6) is 6.92. The smallest absolute Gasteiger partial charge is 0.321 e. The number of rotatable bonds is 5. The molecule has 41 heavy (non-hydrogen) atoms. The lowest BCUT2D eigenvalue weighted by atomic mass is 9.73. The molecule has 6 nitrogen and oxygen atoms in total. The van der Waals surface area contributed by atoms with Crippen LogP contribution in [0.25, 0.3) is 0 Å². The quantitative estimate of drug-likeness (QED) is 0.457. The van der Waals surface area contributed by atoms with E-state index in [1.165, 1.54) is 11.1 Å². The van der Waals surface area contributed by atoms with Gasteiger partial charge in [0.2, 0.25) is 0 Å². The fourth-order valence-electron chi connectivity index (χ4n) is 6.20. The van der Waals surface area contributed by atoms with Gasteiger partial charge >= 0.3 is 6.03 Å². The van der Waals surface area contributed by atoms with Gasteiger partial charge < -0.3 is 20.0 Å². The molecule has 2 amide bonds. The van der Waals surface area contributed by atoms with Crippen LogP contribution in [0.2, 0.25) is 0 Å². The Bertz CT molecular complexity index is 1360. The van der Waals surface area contributed by atoms with Crippen molar-refractivity contribution in [3.8, 4) is 11.8 Å². The summed E-state index contributed by atoms with van der Waals surface area (Å²) >= 11 is 0. The number of hydrogen-bond donors (Lipinski definition) is 1. The first-order chi connectivity index (χ1) is 19.8. The Labute approximate surface area is 245 Å². The normalized spacial score (nSPS) is 22.7. The fourth-order valence-corrected chi connectivity index (χ4v) is 6.20. The number of likely N-dealkylation sites (N-methyl/N-ethyl adjacent to an activating group) is 2. The molecule has 3 aromatic carbocycles. The molecule has 214 valence electrons. The molecule has 0 bridgehead atoms. The molecule has 0 spiro atoms. The Kier molecular flexibility index (Phi) is 9.09. The number of nitrogens with zero attached hydrogens (tertiary/aromatic N) is 4. The summed E-state index contributed by atoms with van der Waals surface area (Å²) in [5.41, 5.74) is 5.38. The monoisotopic (exact) mass is 549 g/mol. The van der Waals surface area contributed by atoms with Crippen LogP contribution < -0.4 is 5.32 Å². The number of hydrogen-bond acceptors (Lipinski definition) is 4. The molecule has 4 atom stereocenters. The molecule has 0 aliphatic carbocycles. The molecule has 1 N–H and O–H groups in total. The average molecular weight is 550 g/mol. The van der Waals surface area contributed by atoms with Gasteiger partial charge in [0.1, 0.15) is 0 Å². The van der Waals surface area contributed by atoms with Crippen LogP contribution in [0.4, 0.5) is 10.5 Å². The van der Waals surface area contributed by atoms with Gasteiger partial charge in [0.05, 0.1) is 0 Å². The fraction of sp³-hybridized carbons (Fsp3) is 0.400. The molecule has 2 heterocycles. The van der Waals surface area contributed by atoms with E-state index in [1.807, 2.05) is 59.5 Å². The number of carbonyl (C=O) groups is 1. The van der Waals surface area contributed by atoms with Crippen LogP contribution in [-0.4, -0.2) is 98.1 Å². The summed E-state index contributed by atoms with van der Waals surface area (Å²) in [6.45, 7) is 5.50. The first-order valence-corrected chi connectivity index (χ1v) is 14.6. The van der Waals surface area contributed by atoms with E-state index in [0.29, 0.717) is 24.5 Å². The van der Waals surface area contributed by atoms with Gasteiger partial charge in [-0.15, -0.1) is 0 Å². The summed E-state index contributed by atoms with van der Waals surface area (Å²) in [7, 11) is 8.62. The summed E-state index contributed by atoms with van der Waals surface area (Å²) in [6.07, 6.45) is 0.950. The van der Waals surface area contributed by atoms with Crippen molar-refractivity contribution in [1.29, 1.82) is 0 Å². The molecule has 0 aromatic heterocycles. The van der Waals surface area contributed by atoms with Crippen molar-refractivity contribution in [2.24, 2.45) is 0 Å². The highest BCUT2D eigenvalue weighted by molar-refractivity contribution is 5.89. The Hall–Kier alpha value is -3.63. The maximum absolute atomic E-state index is 13.6. The lowest BCUT2D eigenvalue weighted by Gasteiger charge is -2.59. The van der Waals surface area contributed by atoms with E-state index in [0.717, 1.165) is 42.9 Å². The van der Waals surface area contributed by atoms with E-state index in [2.05, 4.69) is 91.2 Å². The summed E-state index contributed by atoms with van der Waals surface area (Å²) < 4.78 is 0. The van der Waals surface area contributed by atoms with E-state index in [-0.39, 0.29) is 12.1 Å². The maximum atomic E-state index is 13.6. The van der Waals surface area contributed by atoms with E-state index in [4.69, 9.17) is 0 Å². The zero-order valence-electron chi connectivity index (χ0n) is 25.0.